The standard InChI is InChI=1S/C35H38ClN3O5S/c1-4-22-37-35(41)33(23-27-10-6-5-7-11-27)38(24-28-12-8-9-13-32(28)36)34(40)25-39(29-16-14-26(2)15-17-29)45(42,43)31-20-18-30(44-3)19-21-31/h5-21,33H,4,22-25H2,1-3H3,(H,37,41)/t33-/m0/s1. The SMILES string of the molecule is CCCNC(=O)[C@H](Cc1ccccc1)N(Cc1ccccc1Cl)C(=O)CN(c1ccc(C)cc1)S(=O)(=O)c1ccc(OC)cc1. The number of amides is 2. The van der Waals surface area contributed by atoms with E-state index in [1.165, 1.54) is 24.1 Å². The highest BCUT2D eigenvalue weighted by atomic mass is 35.5. The fourth-order valence-corrected chi connectivity index (χ4v) is 6.45. The Balaban J connectivity index is 1.80. The first-order valence-corrected chi connectivity index (χ1v) is 16.5. The third-order valence-electron chi connectivity index (χ3n) is 7.37. The highest BCUT2D eigenvalue weighted by Crippen LogP contribution is 2.27. The van der Waals surface area contributed by atoms with Gasteiger partial charge < -0.3 is 15.0 Å². The van der Waals surface area contributed by atoms with Crippen LogP contribution in [0, 0.1) is 6.92 Å². The summed E-state index contributed by atoms with van der Waals surface area (Å²) in [4.78, 5) is 29.6. The summed E-state index contributed by atoms with van der Waals surface area (Å²) in [5.41, 5.74) is 2.74. The molecule has 0 spiro atoms. The van der Waals surface area contributed by atoms with E-state index in [9.17, 15) is 18.0 Å². The van der Waals surface area contributed by atoms with E-state index in [2.05, 4.69) is 5.32 Å². The summed E-state index contributed by atoms with van der Waals surface area (Å²) in [5, 5.41) is 3.37. The third-order valence-corrected chi connectivity index (χ3v) is 9.52. The van der Waals surface area contributed by atoms with E-state index < -0.39 is 28.5 Å². The summed E-state index contributed by atoms with van der Waals surface area (Å²) in [6, 6.07) is 28.5. The van der Waals surface area contributed by atoms with Crippen molar-refractivity contribution in [3.63, 3.8) is 0 Å². The summed E-state index contributed by atoms with van der Waals surface area (Å²) in [6.07, 6.45) is 0.936. The van der Waals surface area contributed by atoms with Crippen LogP contribution < -0.4 is 14.4 Å². The molecule has 4 rings (SSSR count). The second-order valence-electron chi connectivity index (χ2n) is 10.6. The molecule has 0 radical (unpaired) electrons. The van der Waals surface area contributed by atoms with Gasteiger partial charge in [-0.2, -0.15) is 0 Å². The lowest BCUT2D eigenvalue weighted by molar-refractivity contribution is -0.140. The van der Waals surface area contributed by atoms with Gasteiger partial charge in [0.1, 0.15) is 18.3 Å². The Morgan fingerprint density at radius 1 is 0.889 bits per heavy atom. The normalized spacial score (nSPS) is 11.8. The van der Waals surface area contributed by atoms with Crippen LogP contribution in [0.25, 0.3) is 0 Å². The van der Waals surface area contributed by atoms with Gasteiger partial charge in [-0.05, 0) is 66.9 Å². The molecule has 0 saturated carbocycles. The Morgan fingerprint density at radius 3 is 2.16 bits per heavy atom. The number of hydrogen-bond acceptors (Lipinski definition) is 5. The summed E-state index contributed by atoms with van der Waals surface area (Å²) in [6.45, 7) is 3.72. The zero-order valence-corrected chi connectivity index (χ0v) is 27.2. The van der Waals surface area contributed by atoms with Gasteiger partial charge >= 0.3 is 0 Å². The van der Waals surface area contributed by atoms with Gasteiger partial charge in [0.15, 0.2) is 0 Å². The van der Waals surface area contributed by atoms with E-state index in [1.54, 1.807) is 60.7 Å². The molecule has 4 aromatic rings. The van der Waals surface area contributed by atoms with Crippen molar-refractivity contribution in [2.45, 2.75) is 44.2 Å². The van der Waals surface area contributed by atoms with Gasteiger partial charge in [0.2, 0.25) is 11.8 Å². The predicted octanol–water partition coefficient (Wildman–Crippen LogP) is 6.02. The van der Waals surface area contributed by atoms with Crippen LogP contribution in [0.2, 0.25) is 5.02 Å². The van der Waals surface area contributed by atoms with E-state index in [0.717, 1.165) is 15.4 Å². The molecule has 0 aliphatic heterocycles. The number of ether oxygens (including phenoxy) is 1. The topological polar surface area (TPSA) is 96.0 Å². The number of rotatable bonds is 14. The molecule has 0 aliphatic rings. The van der Waals surface area contributed by atoms with Crippen molar-refractivity contribution in [1.82, 2.24) is 10.2 Å². The van der Waals surface area contributed by atoms with E-state index in [4.69, 9.17) is 16.3 Å². The van der Waals surface area contributed by atoms with E-state index in [1.807, 2.05) is 44.2 Å². The molecule has 2 amide bonds. The first-order chi connectivity index (χ1) is 21.6. The molecule has 0 fully saturated rings. The van der Waals surface area contributed by atoms with Crippen molar-refractivity contribution in [2.24, 2.45) is 0 Å². The van der Waals surface area contributed by atoms with Gasteiger partial charge in [-0.1, -0.05) is 84.8 Å². The maximum absolute atomic E-state index is 14.5. The number of methoxy groups -OCH3 is 1. The minimum absolute atomic E-state index is 0.000126. The van der Waals surface area contributed by atoms with Gasteiger partial charge in [0, 0.05) is 24.5 Å². The third kappa shape index (κ3) is 8.65. The first kappa shape index (κ1) is 33.6. The Hall–Kier alpha value is -4.34. The molecule has 0 heterocycles. The predicted molar refractivity (Wildman–Crippen MR) is 178 cm³/mol. The fraction of sp³-hybridized carbons (Fsp3) is 0.257. The molecule has 0 aliphatic carbocycles. The number of benzene rings is 4. The van der Waals surface area contributed by atoms with Gasteiger partial charge in [-0.3, -0.25) is 13.9 Å². The minimum atomic E-state index is -4.22. The summed E-state index contributed by atoms with van der Waals surface area (Å²) >= 11 is 6.54. The van der Waals surface area contributed by atoms with Gasteiger partial charge in [-0.25, -0.2) is 8.42 Å². The van der Waals surface area contributed by atoms with Crippen molar-refractivity contribution >= 4 is 39.1 Å². The lowest BCUT2D eigenvalue weighted by atomic mass is 10.0. The monoisotopic (exact) mass is 647 g/mol. The van der Waals surface area contributed by atoms with Crippen molar-refractivity contribution < 1.29 is 22.7 Å². The lowest BCUT2D eigenvalue weighted by Crippen LogP contribution is -2.53. The maximum atomic E-state index is 14.5. The van der Waals surface area contributed by atoms with Crippen LogP contribution in [0.4, 0.5) is 5.69 Å². The Kier molecular flexibility index (Phi) is 11.6. The molecule has 4 aromatic carbocycles. The van der Waals surface area contributed by atoms with E-state index >= 15 is 0 Å². The lowest BCUT2D eigenvalue weighted by Gasteiger charge is -2.34. The Bertz CT molecular complexity index is 1680. The zero-order valence-electron chi connectivity index (χ0n) is 25.6. The molecule has 1 atom stereocenters. The van der Waals surface area contributed by atoms with Crippen LogP contribution in [0.5, 0.6) is 5.75 Å². The van der Waals surface area contributed by atoms with Gasteiger partial charge in [0.05, 0.1) is 17.7 Å². The summed E-state index contributed by atoms with van der Waals surface area (Å²) in [7, 11) is -2.72. The molecule has 236 valence electrons. The molecule has 0 saturated heterocycles. The molecule has 45 heavy (non-hydrogen) atoms. The van der Waals surface area contributed by atoms with Crippen LogP contribution in [0.1, 0.15) is 30.0 Å². The number of halogens is 1. The molecular weight excluding hydrogens is 610 g/mol. The fourth-order valence-electron chi connectivity index (χ4n) is 4.84. The van der Waals surface area contributed by atoms with Crippen LogP contribution in [0.3, 0.4) is 0 Å². The van der Waals surface area contributed by atoms with Crippen molar-refractivity contribution in [3.8, 4) is 5.75 Å². The highest BCUT2D eigenvalue weighted by Gasteiger charge is 2.34. The van der Waals surface area contributed by atoms with Crippen LogP contribution >= 0.6 is 11.6 Å². The average Bonchev–Trinajstić information content (AvgIpc) is 3.05. The molecule has 8 nitrogen and oxygen atoms in total. The van der Waals surface area contributed by atoms with Gasteiger partial charge in [0.25, 0.3) is 10.0 Å². The Morgan fingerprint density at radius 2 is 1.53 bits per heavy atom. The number of nitrogens with one attached hydrogen (secondary N) is 1. The number of anilines is 1. The molecule has 1 N–H and O–H groups in total. The quantitative estimate of drug-likeness (QED) is 0.181. The smallest absolute Gasteiger partial charge is 0.264 e. The molecular formula is C35H38ClN3O5S. The largest absolute Gasteiger partial charge is 0.497 e. The molecule has 0 unspecified atom stereocenters. The van der Waals surface area contributed by atoms with E-state index in [0.29, 0.717) is 35.0 Å². The number of sulfonamides is 1. The Labute approximate surface area is 270 Å². The number of carbonyl (C=O) groups is 2. The van der Waals surface area contributed by atoms with Crippen molar-refractivity contribution in [3.05, 3.63) is 125 Å². The van der Waals surface area contributed by atoms with Crippen molar-refractivity contribution in [2.75, 3.05) is 24.5 Å². The first-order valence-electron chi connectivity index (χ1n) is 14.7. The maximum Gasteiger partial charge on any atom is 0.264 e. The molecule has 10 heteroatoms. The second-order valence-corrected chi connectivity index (χ2v) is 12.9. The van der Waals surface area contributed by atoms with Crippen LogP contribution in [-0.2, 0) is 32.6 Å². The zero-order chi connectivity index (χ0) is 32.4. The second kappa shape index (κ2) is 15.6. The molecule has 0 bridgehead atoms. The number of nitrogens with zero attached hydrogens (tertiary/aromatic N) is 2. The molecule has 0 aromatic heterocycles. The highest BCUT2D eigenvalue weighted by molar-refractivity contribution is 7.92. The van der Waals surface area contributed by atoms with Crippen LogP contribution in [0.15, 0.2) is 108 Å². The summed E-state index contributed by atoms with van der Waals surface area (Å²) in [5.74, 6) is -0.388. The number of hydrogen-bond donors (Lipinski definition) is 1. The van der Waals surface area contributed by atoms with Crippen LogP contribution in [-0.4, -0.2) is 51.4 Å². The number of carbonyl (C=O) groups excluding carboxylic acids is 2. The van der Waals surface area contributed by atoms with Crippen molar-refractivity contribution in [1.29, 1.82) is 0 Å². The number of aryl methyl sites for hydroxylation is 1. The summed E-state index contributed by atoms with van der Waals surface area (Å²) < 4.78 is 34.6. The minimum Gasteiger partial charge on any atom is -0.497 e. The van der Waals surface area contributed by atoms with E-state index in [-0.39, 0.29) is 23.8 Å². The van der Waals surface area contributed by atoms with Gasteiger partial charge in [-0.15, -0.1) is 0 Å². The average molecular weight is 648 g/mol.